The average molecular weight is 266 g/mol. The van der Waals surface area contributed by atoms with Gasteiger partial charge in [-0.25, -0.2) is 8.42 Å². The normalized spacial score (nSPS) is 21.9. The second-order valence-electron chi connectivity index (χ2n) is 3.70. The van der Waals surface area contributed by atoms with Crippen LogP contribution in [0.15, 0.2) is 0 Å². The van der Waals surface area contributed by atoms with Gasteiger partial charge in [0.1, 0.15) is 0 Å². The van der Waals surface area contributed by atoms with E-state index in [1.807, 2.05) is 41.7 Å². The second kappa shape index (κ2) is 9.85. The maximum Gasteiger partial charge on any atom is 0.211 e. The molecule has 0 aromatic carbocycles. The van der Waals surface area contributed by atoms with Crippen LogP contribution in [0.3, 0.4) is 0 Å². The van der Waals surface area contributed by atoms with Crippen LogP contribution in [0, 0.1) is 0 Å². The molecular formula is C12H30N2O2S. The van der Waals surface area contributed by atoms with E-state index in [-0.39, 0.29) is 6.04 Å². The van der Waals surface area contributed by atoms with Gasteiger partial charge in [0, 0.05) is 25.7 Å². The monoisotopic (exact) mass is 266 g/mol. The molecule has 1 aliphatic rings. The highest BCUT2D eigenvalue weighted by molar-refractivity contribution is 7.88. The minimum absolute atomic E-state index is 0.161. The number of hydrogen-bond acceptors (Lipinski definition) is 3. The standard InChI is InChI=1S/C8H18N2O2S.2C2H6/c1-4-8-7-9(2)5-6-10(8)13(3,11)12;2*1-2/h8H,4-7H2,1-3H3;2*1-2H3. The summed E-state index contributed by atoms with van der Waals surface area (Å²) < 4.78 is 24.4. The lowest BCUT2D eigenvalue weighted by molar-refractivity contribution is 0.157. The fraction of sp³-hybridized carbons (Fsp3) is 1.00. The quantitative estimate of drug-likeness (QED) is 0.768. The van der Waals surface area contributed by atoms with E-state index in [0.29, 0.717) is 6.54 Å². The highest BCUT2D eigenvalue weighted by Gasteiger charge is 2.29. The molecule has 0 aromatic heterocycles. The predicted molar refractivity (Wildman–Crippen MR) is 75.8 cm³/mol. The van der Waals surface area contributed by atoms with E-state index < -0.39 is 10.0 Å². The van der Waals surface area contributed by atoms with Crippen molar-refractivity contribution in [1.82, 2.24) is 9.21 Å². The van der Waals surface area contributed by atoms with Crippen molar-refractivity contribution < 1.29 is 8.42 Å². The van der Waals surface area contributed by atoms with E-state index in [1.165, 1.54) is 6.26 Å². The van der Waals surface area contributed by atoms with Crippen molar-refractivity contribution in [3.63, 3.8) is 0 Å². The van der Waals surface area contributed by atoms with Gasteiger partial charge in [-0.05, 0) is 13.5 Å². The van der Waals surface area contributed by atoms with Gasteiger partial charge in [-0.15, -0.1) is 0 Å². The van der Waals surface area contributed by atoms with Crippen molar-refractivity contribution in [2.75, 3.05) is 32.9 Å². The highest BCUT2D eigenvalue weighted by Crippen LogP contribution is 2.14. The number of hydrogen-bond donors (Lipinski definition) is 0. The molecular weight excluding hydrogens is 236 g/mol. The third kappa shape index (κ3) is 7.01. The Bertz CT molecular complexity index is 266. The number of sulfonamides is 1. The summed E-state index contributed by atoms with van der Waals surface area (Å²) in [6.07, 6.45) is 2.18. The van der Waals surface area contributed by atoms with Crippen molar-refractivity contribution in [2.24, 2.45) is 0 Å². The zero-order chi connectivity index (χ0) is 14.1. The first-order valence-corrected chi connectivity index (χ1v) is 8.45. The highest BCUT2D eigenvalue weighted by atomic mass is 32.2. The van der Waals surface area contributed by atoms with Crippen LogP contribution in [0.25, 0.3) is 0 Å². The smallest absolute Gasteiger partial charge is 0.211 e. The predicted octanol–water partition coefficient (Wildman–Crippen LogP) is 2.02. The third-order valence-corrected chi connectivity index (χ3v) is 3.86. The lowest BCUT2D eigenvalue weighted by atomic mass is 10.2. The van der Waals surface area contributed by atoms with Gasteiger partial charge in [-0.2, -0.15) is 4.31 Å². The molecule has 0 aliphatic carbocycles. The molecule has 0 aromatic rings. The molecule has 1 rings (SSSR count). The van der Waals surface area contributed by atoms with E-state index in [2.05, 4.69) is 4.90 Å². The zero-order valence-corrected chi connectivity index (χ0v) is 13.3. The molecule has 0 spiro atoms. The van der Waals surface area contributed by atoms with Gasteiger partial charge in [-0.3, -0.25) is 0 Å². The molecule has 106 valence electrons. The summed E-state index contributed by atoms with van der Waals surface area (Å²) in [5.41, 5.74) is 0. The molecule has 1 heterocycles. The van der Waals surface area contributed by atoms with Crippen LogP contribution in [0.2, 0.25) is 0 Å². The maximum absolute atomic E-state index is 11.4. The van der Waals surface area contributed by atoms with Gasteiger partial charge in [0.05, 0.1) is 6.26 Å². The van der Waals surface area contributed by atoms with E-state index >= 15 is 0 Å². The van der Waals surface area contributed by atoms with Crippen molar-refractivity contribution in [3.05, 3.63) is 0 Å². The molecule has 0 N–H and O–H groups in total. The fourth-order valence-corrected chi connectivity index (χ4v) is 2.93. The Morgan fingerprint density at radius 1 is 1.12 bits per heavy atom. The molecule has 0 bridgehead atoms. The molecule has 0 amide bonds. The number of rotatable bonds is 2. The summed E-state index contributed by atoms with van der Waals surface area (Å²) in [6, 6.07) is 0.161. The van der Waals surface area contributed by atoms with Gasteiger partial charge >= 0.3 is 0 Å². The Labute approximate surface area is 108 Å². The number of likely N-dealkylation sites (N-methyl/N-ethyl adjacent to an activating group) is 1. The molecule has 0 saturated carbocycles. The molecule has 1 saturated heterocycles. The summed E-state index contributed by atoms with van der Waals surface area (Å²) in [7, 11) is -0.974. The second-order valence-corrected chi connectivity index (χ2v) is 5.63. The minimum atomic E-state index is -3.00. The Morgan fingerprint density at radius 2 is 1.59 bits per heavy atom. The van der Waals surface area contributed by atoms with E-state index in [1.54, 1.807) is 4.31 Å². The molecule has 4 nitrogen and oxygen atoms in total. The first-order chi connectivity index (χ1) is 7.95. The topological polar surface area (TPSA) is 40.6 Å². The first kappa shape index (κ1) is 19.2. The lowest BCUT2D eigenvalue weighted by Crippen LogP contribution is -2.53. The average Bonchev–Trinajstić information content (AvgIpc) is 2.32. The van der Waals surface area contributed by atoms with Crippen molar-refractivity contribution in [3.8, 4) is 0 Å². The van der Waals surface area contributed by atoms with Crippen molar-refractivity contribution in [1.29, 1.82) is 0 Å². The molecule has 17 heavy (non-hydrogen) atoms. The number of nitrogens with zero attached hydrogens (tertiary/aromatic N) is 2. The van der Waals surface area contributed by atoms with Crippen LogP contribution in [0.4, 0.5) is 0 Å². The Kier molecular flexibility index (Phi) is 11.1. The van der Waals surface area contributed by atoms with Crippen LogP contribution in [-0.4, -0.2) is 56.6 Å². The van der Waals surface area contributed by atoms with Crippen LogP contribution >= 0.6 is 0 Å². The Hall–Kier alpha value is -0.130. The van der Waals surface area contributed by atoms with E-state index in [9.17, 15) is 8.42 Å². The van der Waals surface area contributed by atoms with E-state index in [4.69, 9.17) is 0 Å². The molecule has 1 atom stereocenters. The summed E-state index contributed by atoms with van der Waals surface area (Å²) in [6.45, 7) is 12.4. The fourth-order valence-electron chi connectivity index (χ4n) is 1.76. The van der Waals surface area contributed by atoms with Crippen LogP contribution in [0.5, 0.6) is 0 Å². The Balaban J connectivity index is 0. The third-order valence-electron chi connectivity index (χ3n) is 2.53. The Morgan fingerprint density at radius 3 is 1.94 bits per heavy atom. The summed E-state index contributed by atoms with van der Waals surface area (Å²) in [5.74, 6) is 0. The summed E-state index contributed by atoms with van der Waals surface area (Å²) in [4.78, 5) is 2.18. The van der Waals surface area contributed by atoms with Gasteiger partial charge < -0.3 is 4.90 Å². The molecule has 0 radical (unpaired) electrons. The molecule has 1 aliphatic heterocycles. The van der Waals surface area contributed by atoms with Gasteiger partial charge in [-0.1, -0.05) is 34.6 Å². The largest absolute Gasteiger partial charge is 0.303 e. The lowest BCUT2D eigenvalue weighted by Gasteiger charge is -2.37. The van der Waals surface area contributed by atoms with Gasteiger partial charge in [0.2, 0.25) is 10.0 Å². The van der Waals surface area contributed by atoms with Crippen molar-refractivity contribution in [2.45, 2.75) is 47.1 Å². The molecule has 1 fully saturated rings. The number of piperazine rings is 1. The van der Waals surface area contributed by atoms with Crippen molar-refractivity contribution >= 4 is 10.0 Å². The minimum Gasteiger partial charge on any atom is -0.303 e. The van der Waals surface area contributed by atoms with Crippen LogP contribution in [-0.2, 0) is 10.0 Å². The van der Waals surface area contributed by atoms with Gasteiger partial charge in [0.15, 0.2) is 0 Å². The summed E-state index contributed by atoms with van der Waals surface area (Å²) in [5, 5.41) is 0. The SMILES string of the molecule is CC.CC.CCC1CN(C)CCN1S(C)(=O)=O. The maximum atomic E-state index is 11.4. The van der Waals surface area contributed by atoms with Crippen LogP contribution in [0.1, 0.15) is 41.0 Å². The van der Waals surface area contributed by atoms with E-state index in [0.717, 1.165) is 19.5 Å². The first-order valence-electron chi connectivity index (χ1n) is 6.60. The zero-order valence-electron chi connectivity index (χ0n) is 12.5. The molecule has 5 heteroatoms. The molecule has 1 unspecified atom stereocenters. The van der Waals surface area contributed by atoms with Gasteiger partial charge in [0.25, 0.3) is 0 Å². The van der Waals surface area contributed by atoms with Crippen LogP contribution < -0.4 is 0 Å². The summed E-state index contributed by atoms with van der Waals surface area (Å²) >= 11 is 0.